The molecule has 132 valence electrons. The molecule has 2 aromatic carbocycles. The normalized spacial score (nSPS) is 11.8. The van der Waals surface area contributed by atoms with Crippen molar-refractivity contribution < 1.29 is 14.3 Å². The smallest absolute Gasteiger partial charge is 0.339 e. The minimum absolute atomic E-state index is 0.193. The number of amides is 1. The molecule has 0 aliphatic carbocycles. The summed E-state index contributed by atoms with van der Waals surface area (Å²) in [5.74, 6) is -1.13. The van der Waals surface area contributed by atoms with Crippen LogP contribution in [-0.4, -0.2) is 18.0 Å². The Hall–Kier alpha value is -1.75. The highest BCUT2D eigenvalue weighted by Crippen LogP contribution is 2.33. The van der Waals surface area contributed by atoms with E-state index in [4.69, 9.17) is 39.5 Å². The molecular weight excluding hydrogens is 385 g/mol. The topological polar surface area (TPSA) is 55.4 Å². The van der Waals surface area contributed by atoms with Crippen LogP contribution in [0.1, 0.15) is 28.4 Å². The number of rotatable bonds is 4. The lowest BCUT2D eigenvalue weighted by atomic mass is 10.1. The molecule has 0 bridgehead atoms. The second-order valence-corrected chi connectivity index (χ2v) is 6.85. The Bertz CT molecular complexity index is 813. The van der Waals surface area contributed by atoms with Crippen LogP contribution in [0.5, 0.6) is 0 Å². The fourth-order valence-corrected chi connectivity index (χ4v) is 3.12. The average Bonchev–Trinajstić information content (AvgIpc) is 2.50. The summed E-state index contributed by atoms with van der Waals surface area (Å²) >= 11 is 17.9. The molecule has 2 aromatic rings. The van der Waals surface area contributed by atoms with E-state index in [9.17, 15) is 9.59 Å². The van der Waals surface area contributed by atoms with E-state index in [-0.39, 0.29) is 15.7 Å². The van der Waals surface area contributed by atoms with Crippen LogP contribution in [0.25, 0.3) is 0 Å². The van der Waals surface area contributed by atoms with Crippen LogP contribution < -0.4 is 5.32 Å². The number of ether oxygens (including phenoxy) is 1. The third-order valence-electron chi connectivity index (χ3n) is 3.51. The number of carbonyl (C=O) groups is 2. The van der Waals surface area contributed by atoms with Gasteiger partial charge in [0.2, 0.25) is 0 Å². The minimum atomic E-state index is -1.03. The van der Waals surface area contributed by atoms with Crippen LogP contribution in [0.3, 0.4) is 0 Å². The summed E-state index contributed by atoms with van der Waals surface area (Å²) in [6.45, 7) is 5.20. The molecule has 25 heavy (non-hydrogen) atoms. The van der Waals surface area contributed by atoms with E-state index < -0.39 is 18.0 Å². The first kappa shape index (κ1) is 19.6. The number of hydrogen-bond acceptors (Lipinski definition) is 3. The van der Waals surface area contributed by atoms with Crippen LogP contribution in [0.4, 0.5) is 5.69 Å². The number of nitrogens with one attached hydrogen (secondary N) is 1. The first-order chi connectivity index (χ1) is 11.7. The number of esters is 1. The highest BCUT2D eigenvalue weighted by atomic mass is 35.5. The van der Waals surface area contributed by atoms with Gasteiger partial charge in [-0.05, 0) is 44.5 Å². The van der Waals surface area contributed by atoms with E-state index in [0.29, 0.717) is 10.6 Å². The fraction of sp³-hybridized carbons (Fsp3) is 0.222. The van der Waals surface area contributed by atoms with Gasteiger partial charge in [-0.25, -0.2) is 4.79 Å². The quantitative estimate of drug-likeness (QED) is 0.694. The molecule has 4 nitrogen and oxygen atoms in total. The van der Waals surface area contributed by atoms with E-state index in [1.54, 1.807) is 6.07 Å². The van der Waals surface area contributed by atoms with Crippen LogP contribution in [0.2, 0.25) is 15.1 Å². The van der Waals surface area contributed by atoms with Gasteiger partial charge in [0.15, 0.2) is 6.10 Å². The zero-order chi connectivity index (χ0) is 18.7. The number of aryl methyl sites for hydroxylation is 2. The van der Waals surface area contributed by atoms with Crippen molar-refractivity contribution in [2.45, 2.75) is 26.9 Å². The van der Waals surface area contributed by atoms with Crippen LogP contribution in [-0.2, 0) is 9.53 Å². The molecule has 0 aliphatic heterocycles. The van der Waals surface area contributed by atoms with Gasteiger partial charge < -0.3 is 10.1 Å². The zero-order valence-corrected chi connectivity index (χ0v) is 16.1. The van der Waals surface area contributed by atoms with Gasteiger partial charge in [-0.3, -0.25) is 4.79 Å². The van der Waals surface area contributed by atoms with Crippen molar-refractivity contribution in [1.82, 2.24) is 0 Å². The first-order valence-electron chi connectivity index (χ1n) is 7.42. The third-order valence-corrected chi connectivity index (χ3v) is 4.32. The molecule has 0 aromatic heterocycles. The number of carbonyl (C=O) groups excluding carboxylic acids is 2. The highest BCUT2D eigenvalue weighted by molar-refractivity contribution is 6.42. The summed E-state index contributed by atoms with van der Waals surface area (Å²) in [5.41, 5.74) is 2.44. The van der Waals surface area contributed by atoms with Crippen molar-refractivity contribution >= 4 is 52.4 Å². The summed E-state index contributed by atoms with van der Waals surface area (Å²) in [6, 6.07) is 8.26. The second kappa shape index (κ2) is 8.09. The Balaban J connectivity index is 2.09. The van der Waals surface area contributed by atoms with Crippen LogP contribution in [0.15, 0.2) is 30.3 Å². The largest absolute Gasteiger partial charge is 0.449 e. The van der Waals surface area contributed by atoms with E-state index >= 15 is 0 Å². The van der Waals surface area contributed by atoms with Crippen molar-refractivity contribution in [2.75, 3.05) is 5.32 Å². The summed E-state index contributed by atoms with van der Waals surface area (Å²) in [6.07, 6.45) is -1.03. The standard InChI is InChI=1S/C18H16Cl3NO3/c1-9-4-5-13(10(2)6-9)18(24)25-11(3)17(23)22-16-14(20)7-12(19)8-15(16)21/h4-8,11H,1-3H3,(H,22,23)/t11-/m1/s1. The van der Waals surface area contributed by atoms with Gasteiger partial charge in [0.25, 0.3) is 5.91 Å². The molecule has 1 amide bonds. The van der Waals surface area contributed by atoms with E-state index in [1.807, 2.05) is 26.0 Å². The molecule has 1 atom stereocenters. The number of anilines is 1. The molecule has 1 N–H and O–H groups in total. The third kappa shape index (κ3) is 4.88. The van der Waals surface area contributed by atoms with Crippen LogP contribution >= 0.6 is 34.8 Å². The summed E-state index contributed by atoms with van der Waals surface area (Å²) in [4.78, 5) is 24.5. The summed E-state index contributed by atoms with van der Waals surface area (Å²) < 4.78 is 5.23. The van der Waals surface area contributed by atoms with Crippen molar-refractivity contribution in [3.05, 3.63) is 62.1 Å². The summed E-state index contributed by atoms with van der Waals surface area (Å²) in [7, 11) is 0. The monoisotopic (exact) mass is 399 g/mol. The van der Waals surface area contributed by atoms with Gasteiger partial charge in [0, 0.05) is 5.02 Å². The van der Waals surface area contributed by atoms with Gasteiger partial charge in [-0.1, -0.05) is 52.5 Å². The molecule has 0 spiro atoms. The number of hydrogen-bond donors (Lipinski definition) is 1. The molecule has 0 radical (unpaired) electrons. The lowest BCUT2D eigenvalue weighted by Gasteiger charge is -2.16. The van der Waals surface area contributed by atoms with Gasteiger partial charge in [-0.15, -0.1) is 0 Å². The Morgan fingerprint density at radius 1 is 1.04 bits per heavy atom. The van der Waals surface area contributed by atoms with Gasteiger partial charge in [0.1, 0.15) is 0 Å². The van der Waals surface area contributed by atoms with Crippen molar-refractivity contribution in [2.24, 2.45) is 0 Å². The highest BCUT2D eigenvalue weighted by Gasteiger charge is 2.22. The molecule has 7 heteroatoms. The second-order valence-electron chi connectivity index (χ2n) is 5.60. The minimum Gasteiger partial charge on any atom is -0.449 e. The first-order valence-corrected chi connectivity index (χ1v) is 8.56. The summed E-state index contributed by atoms with van der Waals surface area (Å²) in [5, 5.41) is 3.28. The Morgan fingerprint density at radius 2 is 1.64 bits per heavy atom. The Morgan fingerprint density at radius 3 is 2.20 bits per heavy atom. The molecule has 0 fully saturated rings. The maximum atomic E-state index is 12.3. The van der Waals surface area contributed by atoms with E-state index in [0.717, 1.165) is 11.1 Å². The maximum absolute atomic E-state index is 12.3. The predicted octanol–water partition coefficient (Wildman–Crippen LogP) is 5.45. The lowest BCUT2D eigenvalue weighted by Crippen LogP contribution is -2.30. The number of halogens is 3. The molecule has 0 heterocycles. The van der Waals surface area contributed by atoms with E-state index in [2.05, 4.69) is 5.32 Å². The molecule has 0 unspecified atom stereocenters. The average molecular weight is 401 g/mol. The van der Waals surface area contributed by atoms with Gasteiger partial charge >= 0.3 is 5.97 Å². The Kier molecular flexibility index (Phi) is 6.33. The molecule has 0 aliphatic rings. The molecular formula is C18H16Cl3NO3. The van der Waals surface area contributed by atoms with Crippen molar-refractivity contribution in [1.29, 1.82) is 0 Å². The van der Waals surface area contributed by atoms with Crippen molar-refractivity contribution in [3.63, 3.8) is 0 Å². The molecule has 0 saturated carbocycles. The molecule has 2 rings (SSSR count). The lowest BCUT2D eigenvalue weighted by molar-refractivity contribution is -0.123. The SMILES string of the molecule is Cc1ccc(C(=O)O[C@H](C)C(=O)Nc2c(Cl)cc(Cl)cc2Cl)c(C)c1. The van der Waals surface area contributed by atoms with Gasteiger partial charge in [0.05, 0.1) is 21.3 Å². The number of benzene rings is 2. The predicted molar refractivity (Wildman–Crippen MR) is 101 cm³/mol. The van der Waals surface area contributed by atoms with Gasteiger partial charge in [-0.2, -0.15) is 0 Å². The van der Waals surface area contributed by atoms with E-state index in [1.165, 1.54) is 19.1 Å². The Labute approximate surface area is 161 Å². The van der Waals surface area contributed by atoms with Crippen molar-refractivity contribution in [3.8, 4) is 0 Å². The fourth-order valence-electron chi connectivity index (χ4n) is 2.21. The molecule has 0 saturated heterocycles. The zero-order valence-electron chi connectivity index (χ0n) is 13.8. The maximum Gasteiger partial charge on any atom is 0.339 e. The van der Waals surface area contributed by atoms with Crippen LogP contribution in [0, 0.1) is 13.8 Å².